The number of likely N-dealkylation sites (N-methyl/N-ethyl adjacent to an activating group) is 1. The normalized spacial score (nSPS) is 13.9. The summed E-state index contributed by atoms with van der Waals surface area (Å²) < 4.78 is 38.0. The molecule has 1 aromatic rings. The van der Waals surface area contributed by atoms with E-state index in [9.17, 15) is 12.8 Å². The molecule has 0 spiro atoms. The molecule has 0 bridgehead atoms. The molecule has 0 aromatic heterocycles. The van der Waals surface area contributed by atoms with Crippen LogP contribution in [0.25, 0.3) is 0 Å². The van der Waals surface area contributed by atoms with Crippen LogP contribution in [-0.2, 0) is 10.0 Å². The van der Waals surface area contributed by atoms with Gasteiger partial charge in [-0.2, -0.15) is 4.31 Å². The van der Waals surface area contributed by atoms with Gasteiger partial charge in [0.1, 0.15) is 10.7 Å². The molecule has 1 aromatic carbocycles. The molecule has 17 heavy (non-hydrogen) atoms. The van der Waals surface area contributed by atoms with E-state index in [0.29, 0.717) is 0 Å². The van der Waals surface area contributed by atoms with Crippen LogP contribution in [0.5, 0.6) is 0 Å². The Morgan fingerprint density at radius 3 is 2.65 bits per heavy atom. The number of hydrogen-bond acceptors (Lipinski definition) is 4. The molecule has 3 N–H and O–H groups in total. The second kappa shape index (κ2) is 4.99. The van der Waals surface area contributed by atoms with Crippen LogP contribution in [0, 0.1) is 5.82 Å². The van der Waals surface area contributed by atoms with E-state index in [1.54, 1.807) is 0 Å². The van der Waals surface area contributed by atoms with Gasteiger partial charge in [-0.1, -0.05) is 0 Å². The van der Waals surface area contributed by atoms with E-state index >= 15 is 0 Å². The average molecular weight is 262 g/mol. The Hall–Kier alpha value is -1.18. The summed E-state index contributed by atoms with van der Waals surface area (Å²) in [5.41, 5.74) is 5.48. The molecule has 0 aliphatic rings. The maximum absolute atomic E-state index is 13.0. The van der Waals surface area contributed by atoms with Crippen molar-refractivity contribution >= 4 is 15.7 Å². The zero-order valence-electron chi connectivity index (χ0n) is 9.59. The van der Waals surface area contributed by atoms with Gasteiger partial charge in [0.2, 0.25) is 10.0 Å². The molecule has 0 heterocycles. The fraction of sp³-hybridized carbons (Fsp3) is 0.400. The van der Waals surface area contributed by atoms with Crippen LogP contribution < -0.4 is 5.73 Å². The summed E-state index contributed by atoms with van der Waals surface area (Å²) in [6.07, 6.45) is -0.815. The first kappa shape index (κ1) is 13.9. The monoisotopic (exact) mass is 262 g/mol. The Labute approximate surface area is 99.7 Å². The fourth-order valence-electron chi connectivity index (χ4n) is 1.37. The van der Waals surface area contributed by atoms with Crippen LogP contribution in [0.3, 0.4) is 0 Å². The Bertz CT molecular complexity index is 502. The number of sulfonamides is 1. The van der Waals surface area contributed by atoms with Gasteiger partial charge in [-0.15, -0.1) is 0 Å². The van der Waals surface area contributed by atoms with Crippen LogP contribution in [0.15, 0.2) is 23.1 Å². The standard InChI is InChI=1S/C10H15FN2O3S/c1-7(14)6-13(2)17(15,16)10-5-8(11)3-4-9(10)12/h3-5,7,14H,6,12H2,1-2H3. The van der Waals surface area contributed by atoms with Crippen molar-refractivity contribution in [2.75, 3.05) is 19.3 Å². The number of aliphatic hydroxyl groups is 1. The van der Waals surface area contributed by atoms with Gasteiger partial charge in [0.25, 0.3) is 0 Å². The summed E-state index contributed by atoms with van der Waals surface area (Å²) in [6, 6.07) is 3.14. The number of anilines is 1. The molecule has 0 aliphatic heterocycles. The summed E-state index contributed by atoms with van der Waals surface area (Å²) in [4.78, 5) is -0.291. The van der Waals surface area contributed by atoms with Crippen LogP contribution in [-0.4, -0.2) is 37.5 Å². The number of aliphatic hydroxyl groups excluding tert-OH is 1. The molecule has 96 valence electrons. The third kappa shape index (κ3) is 3.15. The zero-order valence-corrected chi connectivity index (χ0v) is 10.4. The molecule has 0 saturated carbocycles. The molecule has 0 saturated heterocycles. The van der Waals surface area contributed by atoms with Crippen molar-refractivity contribution in [1.29, 1.82) is 0 Å². The minimum atomic E-state index is -3.88. The van der Waals surface area contributed by atoms with Crippen molar-refractivity contribution in [1.82, 2.24) is 4.31 Å². The smallest absolute Gasteiger partial charge is 0.245 e. The van der Waals surface area contributed by atoms with Gasteiger partial charge >= 0.3 is 0 Å². The fourth-order valence-corrected chi connectivity index (χ4v) is 2.74. The molecule has 5 nitrogen and oxygen atoms in total. The highest BCUT2D eigenvalue weighted by molar-refractivity contribution is 7.89. The maximum Gasteiger partial charge on any atom is 0.245 e. The van der Waals surface area contributed by atoms with E-state index in [2.05, 4.69) is 0 Å². The number of nitrogen functional groups attached to an aromatic ring is 1. The predicted octanol–water partition coefficient (Wildman–Crippen LogP) is 0.409. The summed E-state index contributed by atoms with van der Waals surface area (Å²) in [6.45, 7) is 1.37. The Morgan fingerprint density at radius 2 is 2.12 bits per heavy atom. The quantitative estimate of drug-likeness (QED) is 0.770. The summed E-state index contributed by atoms with van der Waals surface area (Å²) >= 11 is 0. The SMILES string of the molecule is CC(O)CN(C)S(=O)(=O)c1cc(F)ccc1N. The van der Waals surface area contributed by atoms with Crippen molar-refractivity contribution in [3.05, 3.63) is 24.0 Å². The van der Waals surface area contributed by atoms with Crippen LogP contribution >= 0.6 is 0 Å². The summed E-state index contributed by atoms with van der Waals surface area (Å²) in [5.74, 6) is -0.678. The molecule has 0 fully saturated rings. The molecule has 1 rings (SSSR count). The summed E-state index contributed by atoms with van der Waals surface area (Å²) in [7, 11) is -2.58. The van der Waals surface area contributed by atoms with Gasteiger partial charge < -0.3 is 10.8 Å². The second-order valence-electron chi connectivity index (χ2n) is 3.82. The first-order valence-electron chi connectivity index (χ1n) is 4.94. The average Bonchev–Trinajstić information content (AvgIpc) is 2.20. The third-order valence-corrected chi connectivity index (χ3v) is 4.06. The van der Waals surface area contributed by atoms with E-state index in [0.717, 1.165) is 16.4 Å². The number of rotatable bonds is 4. The van der Waals surface area contributed by atoms with Crippen molar-refractivity contribution < 1.29 is 17.9 Å². The van der Waals surface area contributed by atoms with Gasteiger partial charge in [0, 0.05) is 13.6 Å². The van der Waals surface area contributed by atoms with E-state index in [1.165, 1.54) is 20.0 Å². The highest BCUT2D eigenvalue weighted by Gasteiger charge is 2.24. The largest absolute Gasteiger partial charge is 0.398 e. The lowest BCUT2D eigenvalue weighted by atomic mass is 10.3. The second-order valence-corrected chi connectivity index (χ2v) is 5.83. The maximum atomic E-state index is 13.0. The molecule has 7 heteroatoms. The molecular weight excluding hydrogens is 247 g/mol. The predicted molar refractivity (Wildman–Crippen MR) is 62.3 cm³/mol. The lowest BCUT2D eigenvalue weighted by Gasteiger charge is -2.19. The lowest BCUT2D eigenvalue weighted by Crippen LogP contribution is -2.33. The number of nitrogens with zero attached hydrogens (tertiary/aromatic N) is 1. The number of hydrogen-bond donors (Lipinski definition) is 2. The van der Waals surface area contributed by atoms with E-state index < -0.39 is 21.9 Å². The van der Waals surface area contributed by atoms with Crippen molar-refractivity contribution in [3.63, 3.8) is 0 Å². The molecular formula is C10H15FN2O3S. The van der Waals surface area contributed by atoms with Gasteiger partial charge in [-0.3, -0.25) is 0 Å². The van der Waals surface area contributed by atoms with Crippen LogP contribution in [0.4, 0.5) is 10.1 Å². The summed E-state index contributed by atoms with van der Waals surface area (Å²) in [5, 5.41) is 9.15. The zero-order chi connectivity index (χ0) is 13.2. The molecule has 0 radical (unpaired) electrons. The highest BCUT2D eigenvalue weighted by atomic mass is 32.2. The molecule has 1 unspecified atom stereocenters. The Kier molecular flexibility index (Phi) is 4.07. The number of benzene rings is 1. The molecule has 1 atom stereocenters. The van der Waals surface area contributed by atoms with E-state index in [4.69, 9.17) is 10.8 Å². The number of nitrogens with two attached hydrogens (primary N) is 1. The van der Waals surface area contributed by atoms with Crippen molar-refractivity contribution in [3.8, 4) is 0 Å². The minimum absolute atomic E-state index is 0.0242. The Morgan fingerprint density at radius 1 is 1.53 bits per heavy atom. The minimum Gasteiger partial charge on any atom is -0.398 e. The van der Waals surface area contributed by atoms with Crippen LogP contribution in [0.2, 0.25) is 0 Å². The topological polar surface area (TPSA) is 83.6 Å². The van der Waals surface area contributed by atoms with Crippen molar-refractivity contribution in [2.24, 2.45) is 0 Å². The van der Waals surface area contributed by atoms with Crippen LogP contribution in [0.1, 0.15) is 6.92 Å². The molecule has 0 amide bonds. The number of halogens is 1. The molecule has 0 aliphatic carbocycles. The highest BCUT2D eigenvalue weighted by Crippen LogP contribution is 2.22. The Balaban J connectivity index is 3.17. The van der Waals surface area contributed by atoms with E-state index in [1.807, 2.05) is 0 Å². The first-order valence-corrected chi connectivity index (χ1v) is 6.38. The van der Waals surface area contributed by atoms with Crippen molar-refractivity contribution in [2.45, 2.75) is 17.9 Å². The van der Waals surface area contributed by atoms with E-state index in [-0.39, 0.29) is 17.1 Å². The third-order valence-electron chi connectivity index (χ3n) is 2.19. The van der Waals surface area contributed by atoms with Gasteiger partial charge in [0.15, 0.2) is 0 Å². The first-order chi connectivity index (χ1) is 7.75. The lowest BCUT2D eigenvalue weighted by molar-refractivity contribution is 0.171. The van der Waals surface area contributed by atoms with Gasteiger partial charge in [0.05, 0.1) is 11.8 Å². The van der Waals surface area contributed by atoms with Gasteiger partial charge in [-0.25, -0.2) is 12.8 Å². The van der Waals surface area contributed by atoms with Gasteiger partial charge in [-0.05, 0) is 25.1 Å².